The first-order chi connectivity index (χ1) is 6.02. The molecule has 7 nitrogen and oxygen atoms in total. The summed E-state index contributed by atoms with van der Waals surface area (Å²) in [6.45, 7) is 0. The Labute approximate surface area is 99.9 Å². The quantitative estimate of drug-likeness (QED) is 0.439. The molecule has 14 heavy (non-hydrogen) atoms. The third-order valence-corrected chi connectivity index (χ3v) is 1.37. The average molecular weight is 207 g/mol. The van der Waals surface area contributed by atoms with E-state index in [0.29, 0.717) is 6.07 Å². The van der Waals surface area contributed by atoms with E-state index in [9.17, 15) is 20.2 Å². The van der Waals surface area contributed by atoms with Gasteiger partial charge < -0.3 is 5.11 Å². The van der Waals surface area contributed by atoms with Crippen molar-refractivity contribution in [3.63, 3.8) is 0 Å². The van der Waals surface area contributed by atoms with Gasteiger partial charge in [0.05, 0.1) is 15.9 Å². The second-order valence-corrected chi connectivity index (χ2v) is 2.19. The van der Waals surface area contributed by atoms with Crippen molar-refractivity contribution in [3.8, 4) is 5.75 Å². The summed E-state index contributed by atoms with van der Waals surface area (Å²) in [5, 5.41) is 29.3. The van der Waals surface area contributed by atoms with Crippen molar-refractivity contribution >= 4 is 40.9 Å². The predicted molar refractivity (Wildman–Crippen MR) is 47.2 cm³/mol. The standard InChI is InChI=1S/C6H4N2O5.Na/c9-6-2-1-4(7(10)11)3-5(6)8(12)13;/h1-3,9H;. The molecule has 0 unspecified atom stereocenters. The second kappa shape index (κ2) is 4.89. The zero-order chi connectivity index (χ0) is 10.0. The fourth-order valence-corrected chi connectivity index (χ4v) is 0.772. The number of phenolic OH excluding ortho intramolecular Hbond substituents is 1. The maximum Gasteiger partial charge on any atom is 0.317 e. The molecule has 0 aliphatic heterocycles. The zero-order valence-electron chi connectivity index (χ0n) is 7.21. The van der Waals surface area contributed by atoms with Crippen LogP contribution in [0.2, 0.25) is 0 Å². The summed E-state index contributed by atoms with van der Waals surface area (Å²) < 4.78 is 0. The summed E-state index contributed by atoms with van der Waals surface area (Å²) in [5.41, 5.74) is -1.10. The Bertz CT molecular complexity index is 380. The molecule has 0 bridgehead atoms. The molecule has 0 aliphatic carbocycles. The van der Waals surface area contributed by atoms with E-state index in [1.54, 1.807) is 0 Å². The van der Waals surface area contributed by atoms with Crippen LogP contribution in [0, 0.1) is 20.2 Å². The third-order valence-electron chi connectivity index (χ3n) is 1.37. The molecule has 0 saturated carbocycles. The number of aromatic hydroxyl groups is 1. The van der Waals surface area contributed by atoms with Crippen LogP contribution in [0.5, 0.6) is 5.75 Å². The van der Waals surface area contributed by atoms with E-state index in [1.807, 2.05) is 0 Å². The van der Waals surface area contributed by atoms with Gasteiger partial charge in [-0.05, 0) is 6.07 Å². The van der Waals surface area contributed by atoms with Crippen molar-refractivity contribution in [2.75, 3.05) is 0 Å². The molecule has 0 spiro atoms. The van der Waals surface area contributed by atoms with Gasteiger partial charge in [0.25, 0.3) is 5.69 Å². The van der Waals surface area contributed by atoms with Gasteiger partial charge in [0.2, 0.25) is 0 Å². The first kappa shape index (κ1) is 12.8. The second-order valence-electron chi connectivity index (χ2n) is 2.19. The number of non-ortho nitro benzene ring substituents is 1. The van der Waals surface area contributed by atoms with Crippen molar-refractivity contribution in [1.29, 1.82) is 0 Å². The van der Waals surface area contributed by atoms with Crippen LogP contribution in [0.15, 0.2) is 18.2 Å². The monoisotopic (exact) mass is 207 g/mol. The molecule has 0 aromatic heterocycles. The fraction of sp³-hybridized carbons (Fsp3) is 0. The number of phenols is 1. The molecular weight excluding hydrogens is 203 g/mol. The molecule has 1 N–H and O–H groups in total. The number of hydrogen-bond acceptors (Lipinski definition) is 5. The predicted octanol–water partition coefficient (Wildman–Crippen LogP) is 0.828. The van der Waals surface area contributed by atoms with E-state index < -0.39 is 27.0 Å². The molecule has 0 atom stereocenters. The molecular formula is C6H4N2NaO5. The number of hydrogen-bond donors (Lipinski definition) is 1. The molecule has 8 heteroatoms. The fourth-order valence-electron chi connectivity index (χ4n) is 0.772. The molecule has 1 aromatic carbocycles. The van der Waals surface area contributed by atoms with E-state index in [0.717, 1.165) is 12.1 Å². The van der Waals surface area contributed by atoms with E-state index >= 15 is 0 Å². The first-order valence-corrected chi connectivity index (χ1v) is 3.14. The van der Waals surface area contributed by atoms with Gasteiger partial charge in [-0.3, -0.25) is 20.2 Å². The van der Waals surface area contributed by atoms with Crippen LogP contribution in [0.1, 0.15) is 0 Å². The first-order valence-electron chi connectivity index (χ1n) is 3.14. The van der Waals surface area contributed by atoms with Crippen molar-refractivity contribution in [1.82, 2.24) is 0 Å². The summed E-state index contributed by atoms with van der Waals surface area (Å²) in [6.07, 6.45) is 0. The Morgan fingerprint density at radius 3 is 2.14 bits per heavy atom. The molecule has 0 heterocycles. The van der Waals surface area contributed by atoms with E-state index in [4.69, 9.17) is 5.11 Å². The van der Waals surface area contributed by atoms with Crippen molar-refractivity contribution in [3.05, 3.63) is 38.4 Å². The van der Waals surface area contributed by atoms with E-state index in [-0.39, 0.29) is 29.6 Å². The molecule has 0 saturated heterocycles. The van der Waals surface area contributed by atoms with Gasteiger partial charge in [0.15, 0.2) is 5.75 Å². The number of nitro benzene ring substituents is 2. The summed E-state index contributed by atoms with van der Waals surface area (Å²) in [7, 11) is 0. The topological polar surface area (TPSA) is 107 Å². The molecule has 1 radical (unpaired) electrons. The van der Waals surface area contributed by atoms with Crippen LogP contribution >= 0.6 is 0 Å². The molecule has 0 amide bonds. The van der Waals surface area contributed by atoms with Crippen LogP contribution in [-0.4, -0.2) is 44.5 Å². The van der Waals surface area contributed by atoms with E-state index in [2.05, 4.69) is 0 Å². The largest absolute Gasteiger partial charge is 0.502 e. The Morgan fingerprint density at radius 2 is 1.71 bits per heavy atom. The Hall–Kier alpha value is -1.18. The smallest absolute Gasteiger partial charge is 0.317 e. The third kappa shape index (κ3) is 2.66. The van der Waals surface area contributed by atoms with Crippen LogP contribution in [0.25, 0.3) is 0 Å². The summed E-state index contributed by atoms with van der Waals surface area (Å²) in [6, 6.07) is 2.61. The maximum atomic E-state index is 10.2. The Kier molecular flexibility index (Phi) is 4.48. The summed E-state index contributed by atoms with van der Waals surface area (Å²) in [4.78, 5) is 18.7. The van der Waals surface area contributed by atoms with Gasteiger partial charge in [-0.15, -0.1) is 0 Å². The minimum absolute atomic E-state index is 0. The minimum atomic E-state index is -0.887. The summed E-state index contributed by atoms with van der Waals surface area (Å²) >= 11 is 0. The van der Waals surface area contributed by atoms with Gasteiger partial charge >= 0.3 is 5.69 Å². The number of benzene rings is 1. The van der Waals surface area contributed by atoms with Crippen molar-refractivity contribution in [2.24, 2.45) is 0 Å². The zero-order valence-corrected chi connectivity index (χ0v) is 9.21. The van der Waals surface area contributed by atoms with Crippen molar-refractivity contribution < 1.29 is 15.0 Å². The number of nitrogens with zero attached hydrogens (tertiary/aromatic N) is 2. The van der Waals surface area contributed by atoms with Crippen LogP contribution in [0.3, 0.4) is 0 Å². The van der Waals surface area contributed by atoms with Gasteiger partial charge in [-0.25, -0.2) is 0 Å². The van der Waals surface area contributed by atoms with E-state index in [1.165, 1.54) is 0 Å². The van der Waals surface area contributed by atoms with Crippen LogP contribution < -0.4 is 0 Å². The van der Waals surface area contributed by atoms with Crippen LogP contribution in [0.4, 0.5) is 11.4 Å². The molecule has 0 fully saturated rings. The maximum absolute atomic E-state index is 10.2. The Morgan fingerprint density at radius 1 is 1.14 bits per heavy atom. The molecule has 0 aliphatic rings. The molecule has 1 aromatic rings. The SMILES string of the molecule is O=[N+]([O-])c1ccc(O)c([N+](=O)[O-])c1.[Na]. The Balaban J connectivity index is 0.00000169. The van der Waals surface area contributed by atoms with Crippen LogP contribution in [-0.2, 0) is 0 Å². The van der Waals surface area contributed by atoms with Gasteiger partial charge in [-0.1, -0.05) is 0 Å². The van der Waals surface area contributed by atoms with Gasteiger partial charge in [0.1, 0.15) is 0 Å². The minimum Gasteiger partial charge on any atom is -0.502 e. The summed E-state index contributed by atoms with van der Waals surface area (Å²) in [5.74, 6) is -0.587. The van der Waals surface area contributed by atoms with Gasteiger partial charge in [-0.2, -0.15) is 0 Å². The normalized spacial score (nSPS) is 8.86. The van der Waals surface area contributed by atoms with Gasteiger partial charge in [0, 0.05) is 35.6 Å². The molecule has 69 valence electrons. The number of nitro groups is 2. The number of rotatable bonds is 2. The average Bonchev–Trinajstić information content (AvgIpc) is 2.04. The molecule has 1 rings (SSSR count). The van der Waals surface area contributed by atoms with Crippen molar-refractivity contribution in [2.45, 2.75) is 0 Å².